The Morgan fingerprint density at radius 2 is 1.56 bits per heavy atom. The summed E-state index contributed by atoms with van der Waals surface area (Å²) in [6.45, 7) is 0. The number of benzene rings is 1. The molecule has 0 aromatic heterocycles. The van der Waals surface area contributed by atoms with Crippen molar-refractivity contribution in [1.82, 2.24) is 0 Å². The molecule has 14 heteroatoms. The molecule has 1 aromatic carbocycles. The molecule has 1 aromatic rings. The van der Waals surface area contributed by atoms with E-state index in [-0.39, 0.29) is 17.6 Å². The number of ether oxygens (including phenoxy) is 2. The zero-order valence-corrected chi connectivity index (χ0v) is 21.5. The normalized spacial score (nSPS) is 26.1. The van der Waals surface area contributed by atoms with E-state index in [4.69, 9.17) is 9.29 Å². The van der Waals surface area contributed by atoms with Gasteiger partial charge in [-0.2, -0.15) is 21.6 Å². The number of hydrogen-bond acceptors (Lipinski definition) is 6. The van der Waals surface area contributed by atoms with Crippen molar-refractivity contribution in [2.45, 2.75) is 31.5 Å². The maximum Gasteiger partial charge on any atom is 0.426 e. The molecule has 5 atom stereocenters. The summed E-state index contributed by atoms with van der Waals surface area (Å²) in [6, 6.07) is 3.26. The van der Waals surface area contributed by atoms with Crippen LogP contribution in [0.25, 0.3) is 0 Å². The monoisotopic (exact) mass is 670 g/mol. The molecule has 0 spiro atoms. The third-order valence-electron chi connectivity index (χ3n) is 5.61. The number of halogens is 6. The van der Waals surface area contributed by atoms with Gasteiger partial charge < -0.3 is 9.47 Å². The summed E-state index contributed by atoms with van der Waals surface area (Å²) in [5, 5.41) is 0. The first-order valence-electron chi connectivity index (χ1n) is 9.26. The highest BCUT2D eigenvalue weighted by atomic mass is 79.9. The summed E-state index contributed by atoms with van der Waals surface area (Å²) in [5.74, 6) is -6.71. The molecule has 2 saturated carbocycles. The predicted molar refractivity (Wildman–Crippen MR) is 115 cm³/mol. The fourth-order valence-corrected chi connectivity index (χ4v) is 7.43. The molecule has 3 rings (SSSR count). The first kappa shape index (κ1) is 25.9. The Morgan fingerprint density at radius 3 is 2.03 bits per heavy atom. The lowest BCUT2D eigenvalue weighted by atomic mass is 9.79. The average Bonchev–Trinajstić information content (AvgIpc) is 3.23. The second kappa shape index (κ2) is 9.51. The van der Waals surface area contributed by atoms with Crippen LogP contribution in [0.4, 0.5) is 13.2 Å². The highest BCUT2D eigenvalue weighted by Gasteiger charge is 2.57. The van der Waals surface area contributed by atoms with Crippen LogP contribution in [-0.2, 0) is 24.4 Å². The molecule has 5 unspecified atom stereocenters. The highest BCUT2D eigenvalue weighted by Crippen LogP contribution is 2.53. The van der Waals surface area contributed by atoms with Gasteiger partial charge in [-0.15, -0.1) is 0 Å². The second-order valence-electron chi connectivity index (χ2n) is 7.72. The van der Waals surface area contributed by atoms with Gasteiger partial charge in [-0.1, -0.05) is 15.9 Å². The lowest BCUT2D eigenvalue weighted by Crippen LogP contribution is -2.44. The molecular weight excluding hydrogens is 657 g/mol. The van der Waals surface area contributed by atoms with Gasteiger partial charge in [0.1, 0.15) is 5.75 Å². The Balaban J connectivity index is 1.82. The largest absolute Gasteiger partial charge is 0.451 e. The Labute approximate surface area is 206 Å². The van der Waals surface area contributed by atoms with Crippen LogP contribution in [0.2, 0.25) is 0 Å². The third kappa shape index (κ3) is 5.86. The number of hydrogen-bond donors (Lipinski definition) is 1. The van der Waals surface area contributed by atoms with E-state index in [1.54, 1.807) is 12.1 Å². The number of rotatable bonds is 6. The summed E-state index contributed by atoms with van der Waals surface area (Å²) in [7, 11) is -5.07. The summed E-state index contributed by atoms with van der Waals surface area (Å²) in [5.41, 5.74) is 0. The molecule has 0 amide bonds. The van der Waals surface area contributed by atoms with Crippen molar-refractivity contribution in [1.29, 1.82) is 0 Å². The topological polar surface area (TPSA) is 107 Å². The van der Waals surface area contributed by atoms with Crippen molar-refractivity contribution in [3.8, 4) is 5.75 Å². The van der Waals surface area contributed by atoms with Gasteiger partial charge in [0.05, 0.1) is 20.8 Å². The zero-order chi connectivity index (χ0) is 24.0. The molecule has 2 bridgehead atoms. The smallest absolute Gasteiger partial charge is 0.426 e. The Kier molecular flexibility index (Phi) is 7.70. The second-order valence-corrected chi connectivity index (χ2v) is 11.8. The summed E-state index contributed by atoms with van der Waals surface area (Å²) in [6.07, 6.45) is -6.70. The van der Waals surface area contributed by atoms with Gasteiger partial charge in [-0.05, 0) is 75.1 Å². The zero-order valence-electron chi connectivity index (χ0n) is 15.9. The Hall–Kier alpha value is -0.700. The van der Waals surface area contributed by atoms with E-state index < -0.39 is 51.9 Å². The van der Waals surface area contributed by atoms with Crippen molar-refractivity contribution in [3.05, 3.63) is 25.6 Å². The summed E-state index contributed by atoms with van der Waals surface area (Å²) < 4.78 is 81.8. The molecule has 178 valence electrons. The van der Waals surface area contributed by atoms with Crippen LogP contribution in [0.1, 0.15) is 19.3 Å². The fourth-order valence-electron chi connectivity index (χ4n) is 4.37. The SMILES string of the molecule is O=C(Oc1c(Br)cc(Br)cc1Br)C1C2CCC(C2)C1C(=O)OC(CS(=O)(=O)O)C(F)(F)F. The van der Waals surface area contributed by atoms with Gasteiger partial charge in [0.15, 0.2) is 5.75 Å². The van der Waals surface area contributed by atoms with Crippen LogP contribution < -0.4 is 4.74 Å². The van der Waals surface area contributed by atoms with Crippen LogP contribution >= 0.6 is 47.8 Å². The molecule has 0 radical (unpaired) electrons. The Morgan fingerprint density at radius 1 is 1.06 bits per heavy atom. The lowest BCUT2D eigenvalue weighted by molar-refractivity contribution is -0.219. The maximum absolute atomic E-state index is 13.2. The Bertz CT molecular complexity index is 1010. The molecule has 2 fully saturated rings. The molecule has 0 heterocycles. The van der Waals surface area contributed by atoms with Crippen molar-refractivity contribution in [3.63, 3.8) is 0 Å². The standard InChI is InChI=1S/C18H16Br3F3O7S/c19-9-4-10(20)15(11(21)5-9)31-17(26)14-8-2-1-7(3-8)13(14)16(25)30-12(18(22,23)24)6-32(27,28)29/h4-5,7-8,12-14H,1-3,6H2,(H,27,28,29). The average molecular weight is 673 g/mol. The first-order valence-corrected chi connectivity index (χ1v) is 13.2. The molecule has 7 nitrogen and oxygen atoms in total. The van der Waals surface area contributed by atoms with E-state index >= 15 is 0 Å². The molecule has 2 aliphatic rings. The highest BCUT2D eigenvalue weighted by molar-refractivity contribution is 9.11. The maximum atomic E-state index is 13.2. The first-order chi connectivity index (χ1) is 14.7. The molecule has 0 aliphatic heterocycles. The van der Waals surface area contributed by atoms with E-state index in [1.165, 1.54) is 0 Å². The number of carbonyl (C=O) groups is 2. The van der Waals surface area contributed by atoms with Gasteiger partial charge in [-0.25, -0.2) is 0 Å². The number of fused-ring (bicyclic) bond motifs is 2. The molecule has 32 heavy (non-hydrogen) atoms. The van der Waals surface area contributed by atoms with Crippen LogP contribution in [0.3, 0.4) is 0 Å². The minimum atomic E-state index is -5.22. The van der Waals surface area contributed by atoms with Gasteiger partial charge in [0, 0.05) is 4.47 Å². The molecular formula is C18H16Br3F3O7S. The van der Waals surface area contributed by atoms with Crippen molar-refractivity contribution in [2.24, 2.45) is 23.7 Å². The fraction of sp³-hybridized carbons (Fsp3) is 0.556. The van der Waals surface area contributed by atoms with Crippen molar-refractivity contribution >= 4 is 69.8 Å². The van der Waals surface area contributed by atoms with Gasteiger partial charge >= 0.3 is 18.1 Å². The van der Waals surface area contributed by atoms with Crippen LogP contribution in [0.15, 0.2) is 25.6 Å². The van der Waals surface area contributed by atoms with E-state index in [2.05, 4.69) is 52.5 Å². The van der Waals surface area contributed by atoms with Crippen LogP contribution in [-0.4, -0.2) is 42.9 Å². The molecule has 1 N–H and O–H groups in total. The van der Waals surface area contributed by atoms with Gasteiger partial charge in [0.25, 0.3) is 10.1 Å². The minimum Gasteiger partial charge on any atom is -0.451 e. The molecule has 0 saturated heterocycles. The van der Waals surface area contributed by atoms with Crippen LogP contribution in [0, 0.1) is 23.7 Å². The number of alkyl halides is 3. The minimum absolute atomic E-state index is 0.146. The van der Waals surface area contributed by atoms with Crippen molar-refractivity contribution < 1.29 is 45.2 Å². The van der Waals surface area contributed by atoms with E-state index in [1.807, 2.05) is 0 Å². The summed E-state index contributed by atoms with van der Waals surface area (Å²) in [4.78, 5) is 25.7. The van der Waals surface area contributed by atoms with Gasteiger partial charge in [0.2, 0.25) is 6.10 Å². The third-order valence-corrected chi connectivity index (χ3v) is 7.97. The number of carbonyl (C=O) groups excluding carboxylic acids is 2. The predicted octanol–water partition coefficient (Wildman–Crippen LogP) is 4.90. The quantitative estimate of drug-likeness (QED) is 0.260. The van der Waals surface area contributed by atoms with E-state index in [0.29, 0.717) is 32.7 Å². The summed E-state index contributed by atoms with van der Waals surface area (Å²) >= 11 is 9.82. The van der Waals surface area contributed by atoms with Crippen LogP contribution in [0.5, 0.6) is 5.75 Å². The van der Waals surface area contributed by atoms with E-state index in [9.17, 15) is 31.2 Å². The number of esters is 2. The van der Waals surface area contributed by atoms with Gasteiger partial charge in [-0.3, -0.25) is 14.1 Å². The molecule has 2 aliphatic carbocycles. The van der Waals surface area contributed by atoms with E-state index in [0.717, 1.165) is 0 Å². The lowest BCUT2D eigenvalue weighted by Gasteiger charge is -2.30. The van der Waals surface area contributed by atoms with Crippen molar-refractivity contribution in [2.75, 3.05) is 5.75 Å².